The van der Waals surface area contributed by atoms with Crippen LogP contribution in [-0.2, 0) is 16.3 Å². The third kappa shape index (κ3) is 5.32. The van der Waals surface area contributed by atoms with E-state index in [1.54, 1.807) is 48.5 Å². The Morgan fingerprint density at radius 3 is 2.26 bits per heavy atom. The molecule has 180 valence electrons. The molecule has 0 bridgehead atoms. The van der Waals surface area contributed by atoms with Crippen molar-refractivity contribution in [3.8, 4) is 11.5 Å². The van der Waals surface area contributed by atoms with Gasteiger partial charge in [-0.15, -0.1) is 0 Å². The van der Waals surface area contributed by atoms with E-state index in [-0.39, 0.29) is 15.8 Å². The average molecular weight is 572 g/mol. The Morgan fingerprint density at radius 2 is 1.60 bits per heavy atom. The minimum Gasteiger partial charge on any atom is -0.419 e. The minimum atomic E-state index is -3.89. The zero-order valence-corrected chi connectivity index (χ0v) is 22.1. The lowest BCUT2D eigenvalue weighted by atomic mass is 9.90. The third-order valence-corrected chi connectivity index (χ3v) is 8.77. The number of nitrogens with zero attached hydrogens (tertiary/aromatic N) is 2. The molecular formula is C27H24BrClN2O3S. The van der Waals surface area contributed by atoms with Gasteiger partial charge in [-0.1, -0.05) is 57.9 Å². The maximum Gasteiger partial charge on any atom is 0.236 e. The van der Waals surface area contributed by atoms with Crippen molar-refractivity contribution in [2.24, 2.45) is 5.92 Å². The molecule has 0 radical (unpaired) electrons. The number of rotatable bonds is 6. The summed E-state index contributed by atoms with van der Waals surface area (Å²) in [6.07, 6.45) is 2.92. The molecule has 3 aromatic carbocycles. The van der Waals surface area contributed by atoms with E-state index in [1.807, 2.05) is 11.0 Å². The quantitative estimate of drug-likeness (QED) is 0.248. The van der Waals surface area contributed by atoms with Gasteiger partial charge in [0.2, 0.25) is 26.6 Å². The van der Waals surface area contributed by atoms with Crippen LogP contribution in [0.3, 0.4) is 0 Å². The first-order valence-corrected chi connectivity index (χ1v) is 14.1. The van der Waals surface area contributed by atoms with Crippen molar-refractivity contribution in [1.82, 2.24) is 4.98 Å². The third-order valence-electron chi connectivity index (χ3n) is 6.32. The number of hydrogen-bond acceptors (Lipinski definition) is 5. The molecular weight excluding hydrogens is 548 g/mol. The highest BCUT2D eigenvalue weighted by molar-refractivity contribution is 9.10. The maximum atomic E-state index is 13.6. The second-order valence-electron chi connectivity index (χ2n) is 8.71. The average Bonchev–Trinajstić information content (AvgIpc) is 3.32. The summed E-state index contributed by atoms with van der Waals surface area (Å²) in [6.45, 7) is 1.41. The van der Waals surface area contributed by atoms with Gasteiger partial charge in [0.15, 0.2) is 0 Å². The summed E-state index contributed by atoms with van der Waals surface area (Å²) in [4.78, 5) is 6.68. The van der Waals surface area contributed by atoms with Gasteiger partial charge >= 0.3 is 0 Å². The van der Waals surface area contributed by atoms with E-state index < -0.39 is 9.84 Å². The highest BCUT2D eigenvalue weighted by Crippen LogP contribution is 2.37. The normalized spacial score (nSPS) is 14.9. The standard InChI is InChI=1S/C27H24BrClN2O3S/c28-22-8-12-24(13-9-22)35(32,33)26-27(34-25(30-26)21-6-10-23(29)11-7-21)31-16-14-20(15-17-31)18-19-4-2-1-3-5-19/h1-13,20H,14-18H2. The van der Waals surface area contributed by atoms with Crippen molar-refractivity contribution >= 4 is 43.3 Å². The van der Waals surface area contributed by atoms with E-state index in [4.69, 9.17) is 16.0 Å². The fraction of sp³-hybridized carbons (Fsp3) is 0.222. The van der Waals surface area contributed by atoms with Crippen molar-refractivity contribution in [3.63, 3.8) is 0 Å². The Bertz CT molecular complexity index is 1400. The van der Waals surface area contributed by atoms with Gasteiger partial charge in [-0.25, -0.2) is 8.42 Å². The summed E-state index contributed by atoms with van der Waals surface area (Å²) in [6, 6.07) is 24.1. The van der Waals surface area contributed by atoms with Crippen molar-refractivity contribution in [1.29, 1.82) is 0 Å². The molecule has 0 N–H and O–H groups in total. The molecule has 4 aromatic rings. The van der Waals surface area contributed by atoms with Crippen LogP contribution < -0.4 is 4.90 Å². The fourth-order valence-corrected chi connectivity index (χ4v) is 6.11. The van der Waals surface area contributed by atoms with Crippen LogP contribution in [-0.4, -0.2) is 26.5 Å². The van der Waals surface area contributed by atoms with Crippen molar-refractivity contribution in [2.75, 3.05) is 18.0 Å². The van der Waals surface area contributed by atoms with Crippen molar-refractivity contribution in [2.45, 2.75) is 29.2 Å². The Kier molecular flexibility index (Phi) is 7.00. The van der Waals surface area contributed by atoms with E-state index in [0.717, 1.165) is 23.7 Å². The second-order valence-corrected chi connectivity index (χ2v) is 11.9. The summed E-state index contributed by atoms with van der Waals surface area (Å²) in [5.41, 5.74) is 2.00. The molecule has 1 aliphatic rings. The van der Waals surface area contributed by atoms with Crippen molar-refractivity contribution in [3.05, 3.63) is 93.9 Å². The minimum absolute atomic E-state index is 0.0497. The Hall–Kier alpha value is -2.61. The molecule has 2 heterocycles. The van der Waals surface area contributed by atoms with Gasteiger partial charge in [-0.2, -0.15) is 4.98 Å². The van der Waals surface area contributed by atoms with Crippen molar-refractivity contribution < 1.29 is 12.8 Å². The number of oxazole rings is 1. The highest BCUT2D eigenvalue weighted by atomic mass is 79.9. The van der Waals surface area contributed by atoms with Crippen LogP contribution in [0.2, 0.25) is 5.02 Å². The van der Waals surface area contributed by atoms with E-state index in [1.165, 1.54) is 5.56 Å². The molecule has 5 nitrogen and oxygen atoms in total. The highest BCUT2D eigenvalue weighted by Gasteiger charge is 2.33. The Morgan fingerprint density at radius 1 is 0.943 bits per heavy atom. The molecule has 8 heteroatoms. The predicted octanol–water partition coefficient (Wildman–Crippen LogP) is 7.05. The molecule has 1 saturated heterocycles. The largest absolute Gasteiger partial charge is 0.419 e. The van der Waals surface area contributed by atoms with E-state index >= 15 is 0 Å². The summed E-state index contributed by atoms with van der Waals surface area (Å²) >= 11 is 9.40. The fourth-order valence-electron chi connectivity index (χ4n) is 4.40. The molecule has 35 heavy (non-hydrogen) atoms. The summed E-state index contributed by atoms with van der Waals surface area (Å²) in [5, 5.41) is 0.537. The first-order valence-electron chi connectivity index (χ1n) is 11.5. The van der Waals surface area contributed by atoms with Crippen LogP contribution in [0.1, 0.15) is 18.4 Å². The van der Waals surface area contributed by atoms with Gasteiger partial charge in [-0.3, -0.25) is 0 Å². The van der Waals surface area contributed by atoms with Gasteiger partial charge in [0.05, 0.1) is 4.90 Å². The van der Waals surface area contributed by atoms with Crippen LogP contribution >= 0.6 is 27.5 Å². The summed E-state index contributed by atoms with van der Waals surface area (Å²) in [5.74, 6) is 1.11. The van der Waals surface area contributed by atoms with E-state index in [0.29, 0.717) is 35.5 Å². The van der Waals surface area contributed by atoms with Crippen LogP contribution in [0.25, 0.3) is 11.5 Å². The lowest BCUT2D eigenvalue weighted by Gasteiger charge is -2.32. The van der Waals surface area contributed by atoms with Gasteiger partial charge < -0.3 is 9.32 Å². The number of hydrogen-bond donors (Lipinski definition) is 0. The smallest absolute Gasteiger partial charge is 0.236 e. The van der Waals surface area contributed by atoms with Crippen LogP contribution in [0, 0.1) is 5.92 Å². The molecule has 0 unspecified atom stereocenters. The molecule has 0 spiro atoms. The number of halogens is 2. The molecule has 0 aliphatic carbocycles. The molecule has 1 fully saturated rings. The molecule has 1 aromatic heterocycles. The lowest BCUT2D eigenvalue weighted by molar-refractivity contribution is 0.387. The van der Waals surface area contributed by atoms with Crippen LogP contribution in [0.4, 0.5) is 5.88 Å². The Balaban J connectivity index is 1.46. The van der Waals surface area contributed by atoms with Gasteiger partial charge in [0, 0.05) is 28.1 Å². The zero-order valence-electron chi connectivity index (χ0n) is 18.9. The monoisotopic (exact) mass is 570 g/mol. The van der Waals surface area contributed by atoms with Gasteiger partial charge in [-0.05, 0) is 79.3 Å². The number of anilines is 1. The number of aromatic nitrogens is 1. The molecule has 1 aliphatic heterocycles. The number of benzene rings is 3. The van der Waals surface area contributed by atoms with E-state index in [9.17, 15) is 8.42 Å². The Labute approximate surface area is 218 Å². The van der Waals surface area contributed by atoms with Crippen LogP contribution in [0.5, 0.6) is 0 Å². The summed E-state index contributed by atoms with van der Waals surface area (Å²) in [7, 11) is -3.89. The van der Waals surface area contributed by atoms with E-state index in [2.05, 4.69) is 45.2 Å². The SMILES string of the molecule is O=S(=O)(c1ccc(Br)cc1)c1nc(-c2ccc(Cl)cc2)oc1N1CCC(Cc2ccccc2)CC1. The first kappa shape index (κ1) is 24.1. The molecule has 5 rings (SSSR count). The van der Waals surface area contributed by atoms with Gasteiger partial charge in [0.1, 0.15) is 0 Å². The topological polar surface area (TPSA) is 63.4 Å². The molecule has 0 amide bonds. The second kappa shape index (κ2) is 10.2. The number of sulfone groups is 1. The zero-order chi connectivity index (χ0) is 24.4. The van der Waals surface area contributed by atoms with Crippen LogP contribution in [0.15, 0.2) is 97.7 Å². The predicted molar refractivity (Wildman–Crippen MR) is 142 cm³/mol. The van der Waals surface area contributed by atoms with Gasteiger partial charge in [0.25, 0.3) is 0 Å². The maximum absolute atomic E-state index is 13.6. The summed E-state index contributed by atoms with van der Waals surface area (Å²) < 4.78 is 34.2. The first-order chi connectivity index (χ1) is 16.9. The lowest BCUT2D eigenvalue weighted by Crippen LogP contribution is -2.34. The number of piperidine rings is 1. The molecule has 0 saturated carbocycles. The molecule has 0 atom stereocenters.